The summed E-state index contributed by atoms with van der Waals surface area (Å²) >= 11 is 1.11. The summed E-state index contributed by atoms with van der Waals surface area (Å²) in [5, 5.41) is 5.43. The zero-order valence-corrected chi connectivity index (χ0v) is 17.0. The summed E-state index contributed by atoms with van der Waals surface area (Å²) in [5.41, 5.74) is 4.26. The molecule has 0 amide bonds. The van der Waals surface area contributed by atoms with E-state index < -0.39 is 11.4 Å². The average molecular weight is 419 g/mol. The van der Waals surface area contributed by atoms with Gasteiger partial charge in [0.15, 0.2) is 0 Å². The maximum atomic E-state index is 12.8. The number of thiazole rings is 1. The number of benzene rings is 2. The summed E-state index contributed by atoms with van der Waals surface area (Å²) in [5.74, 6) is 0.330. The first-order valence-electron chi connectivity index (χ1n) is 9.03. The number of aromatic nitrogens is 1. The molecule has 0 bridgehead atoms. The van der Waals surface area contributed by atoms with Crippen molar-refractivity contribution < 1.29 is 13.9 Å². The monoisotopic (exact) mass is 419 g/mol. The van der Waals surface area contributed by atoms with E-state index >= 15 is 0 Å². The van der Waals surface area contributed by atoms with Crippen LogP contribution >= 0.6 is 11.3 Å². The lowest BCUT2D eigenvalue weighted by atomic mass is 10.1. The molecule has 1 N–H and O–H groups in total. The first-order valence-corrected chi connectivity index (χ1v) is 9.85. The Labute approximate surface area is 175 Å². The molecule has 4 aromatic rings. The van der Waals surface area contributed by atoms with E-state index in [1.54, 1.807) is 31.4 Å². The van der Waals surface area contributed by atoms with Crippen molar-refractivity contribution in [1.82, 2.24) is 4.98 Å². The molecule has 150 valence electrons. The number of para-hydroxylation sites is 1. The molecule has 2 aromatic carbocycles. The first-order chi connectivity index (χ1) is 14.5. The molecule has 2 aromatic heterocycles. The second kappa shape index (κ2) is 8.30. The summed E-state index contributed by atoms with van der Waals surface area (Å²) in [4.78, 5) is 29.5. The standard InChI is InChI=1S/C22H17N3O4S/c1-13(14-7-9-16(28-2)10-8-14)24-25-22-23-12-19(30-22)20(26)17-11-15-5-3-4-6-18(15)29-21(17)27/h3-12H,1-2H3,(H,23,25)/b24-13+. The summed E-state index contributed by atoms with van der Waals surface area (Å²) < 4.78 is 10.4. The van der Waals surface area contributed by atoms with Gasteiger partial charge < -0.3 is 9.15 Å². The van der Waals surface area contributed by atoms with Crippen LogP contribution in [0.3, 0.4) is 0 Å². The van der Waals surface area contributed by atoms with Gasteiger partial charge in [0.2, 0.25) is 10.9 Å². The maximum Gasteiger partial charge on any atom is 0.347 e. The number of carbonyl (C=O) groups is 1. The Kier molecular flexibility index (Phi) is 5.40. The van der Waals surface area contributed by atoms with Crippen LogP contribution in [0.4, 0.5) is 5.13 Å². The molecule has 0 unspecified atom stereocenters. The molecule has 8 heteroatoms. The van der Waals surface area contributed by atoms with Crippen LogP contribution in [-0.4, -0.2) is 23.6 Å². The molecule has 0 aliphatic rings. The molecule has 30 heavy (non-hydrogen) atoms. The Morgan fingerprint density at radius 2 is 1.93 bits per heavy atom. The Balaban J connectivity index is 1.53. The minimum absolute atomic E-state index is 0.0261. The number of ether oxygens (including phenoxy) is 1. The normalized spacial score (nSPS) is 11.5. The number of carbonyl (C=O) groups excluding carboxylic acids is 1. The van der Waals surface area contributed by atoms with Crippen LogP contribution < -0.4 is 15.8 Å². The quantitative estimate of drug-likeness (QED) is 0.216. The van der Waals surface area contributed by atoms with Gasteiger partial charge in [-0.25, -0.2) is 9.78 Å². The minimum atomic E-state index is -0.671. The predicted molar refractivity (Wildman–Crippen MR) is 117 cm³/mol. The minimum Gasteiger partial charge on any atom is -0.497 e. The Morgan fingerprint density at radius 1 is 1.17 bits per heavy atom. The van der Waals surface area contributed by atoms with E-state index in [-0.39, 0.29) is 5.56 Å². The Hall–Kier alpha value is -3.78. The van der Waals surface area contributed by atoms with Crippen LogP contribution in [0.1, 0.15) is 27.7 Å². The molecular weight excluding hydrogens is 402 g/mol. The Morgan fingerprint density at radius 3 is 2.70 bits per heavy atom. The van der Waals surface area contributed by atoms with Crippen LogP contribution in [0.15, 0.2) is 75.1 Å². The molecule has 7 nitrogen and oxygen atoms in total. The molecule has 4 rings (SSSR count). The largest absolute Gasteiger partial charge is 0.497 e. The number of hydrogen-bond donors (Lipinski definition) is 1. The fourth-order valence-corrected chi connectivity index (χ4v) is 3.53. The van der Waals surface area contributed by atoms with Crippen molar-refractivity contribution in [1.29, 1.82) is 0 Å². The lowest BCUT2D eigenvalue weighted by Gasteiger charge is -2.03. The number of anilines is 1. The highest BCUT2D eigenvalue weighted by atomic mass is 32.1. The average Bonchev–Trinajstić information content (AvgIpc) is 3.25. The van der Waals surface area contributed by atoms with Gasteiger partial charge in [-0.2, -0.15) is 5.10 Å². The number of fused-ring (bicyclic) bond motifs is 1. The predicted octanol–water partition coefficient (Wildman–Crippen LogP) is 4.33. The number of nitrogens with zero attached hydrogens (tertiary/aromatic N) is 2. The lowest BCUT2D eigenvalue weighted by Crippen LogP contribution is -2.13. The molecular formula is C22H17N3O4S. The second-order valence-electron chi connectivity index (χ2n) is 6.38. The van der Waals surface area contributed by atoms with E-state index in [9.17, 15) is 9.59 Å². The number of hydrazone groups is 1. The fourth-order valence-electron chi connectivity index (χ4n) is 2.81. The smallest absolute Gasteiger partial charge is 0.347 e. The van der Waals surface area contributed by atoms with E-state index in [0.29, 0.717) is 21.0 Å². The van der Waals surface area contributed by atoms with Crippen LogP contribution in [0.5, 0.6) is 5.75 Å². The fraction of sp³-hybridized carbons (Fsp3) is 0.0909. The molecule has 0 aliphatic carbocycles. The lowest BCUT2D eigenvalue weighted by molar-refractivity contribution is 0.103. The summed E-state index contributed by atoms with van der Waals surface area (Å²) in [7, 11) is 1.61. The summed E-state index contributed by atoms with van der Waals surface area (Å²) in [6.45, 7) is 1.86. The van der Waals surface area contributed by atoms with Crippen molar-refractivity contribution in [3.05, 3.63) is 87.2 Å². The van der Waals surface area contributed by atoms with Gasteiger partial charge >= 0.3 is 5.63 Å². The van der Waals surface area contributed by atoms with Crippen LogP contribution in [0.2, 0.25) is 0 Å². The first kappa shape index (κ1) is 19.5. The third-order valence-electron chi connectivity index (χ3n) is 4.44. The van der Waals surface area contributed by atoms with E-state index in [1.807, 2.05) is 37.3 Å². The van der Waals surface area contributed by atoms with Gasteiger partial charge in [0.05, 0.1) is 23.9 Å². The number of ketones is 1. The highest BCUT2D eigenvalue weighted by Gasteiger charge is 2.18. The van der Waals surface area contributed by atoms with Crippen LogP contribution in [0.25, 0.3) is 11.0 Å². The number of rotatable bonds is 6. The van der Waals surface area contributed by atoms with Crippen molar-refractivity contribution in [3.63, 3.8) is 0 Å². The van der Waals surface area contributed by atoms with Crippen molar-refractivity contribution in [3.8, 4) is 5.75 Å². The molecule has 0 saturated carbocycles. The summed E-state index contributed by atoms with van der Waals surface area (Å²) in [6, 6.07) is 16.1. The second-order valence-corrected chi connectivity index (χ2v) is 7.41. The van der Waals surface area contributed by atoms with Crippen molar-refractivity contribution in [2.24, 2.45) is 5.10 Å². The van der Waals surface area contributed by atoms with Gasteiger partial charge in [-0.05, 0) is 48.9 Å². The van der Waals surface area contributed by atoms with Gasteiger partial charge in [0.1, 0.15) is 16.9 Å². The molecule has 0 spiro atoms. The number of methoxy groups -OCH3 is 1. The maximum absolute atomic E-state index is 12.8. The molecule has 0 aliphatic heterocycles. The topological polar surface area (TPSA) is 93.8 Å². The molecule has 0 radical (unpaired) electrons. The van der Waals surface area contributed by atoms with E-state index in [4.69, 9.17) is 9.15 Å². The van der Waals surface area contributed by atoms with Gasteiger partial charge in [-0.3, -0.25) is 10.2 Å². The summed E-state index contributed by atoms with van der Waals surface area (Å²) in [6.07, 6.45) is 1.42. The van der Waals surface area contributed by atoms with Crippen LogP contribution in [0, 0.1) is 0 Å². The zero-order chi connectivity index (χ0) is 21.1. The molecule has 2 heterocycles. The van der Waals surface area contributed by atoms with Gasteiger partial charge in [-0.1, -0.05) is 29.5 Å². The third-order valence-corrected chi connectivity index (χ3v) is 5.34. The van der Waals surface area contributed by atoms with E-state index in [2.05, 4.69) is 15.5 Å². The number of hydrogen-bond acceptors (Lipinski definition) is 8. The molecule has 0 fully saturated rings. The highest BCUT2D eigenvalue weighted by molar-refractivity contribution is 7.17. The molecule has 0 saturated heterocycles. The van der Waals surface area contributed by atoms with Crippen molar-refractivity contribution in [2.75, 3.05) is 12.5 Å². The number of nitrogens with one attached hydrogen (secondary N) is 1. The zero-order valence-electron chi connectivity index (χ0n) is 16.2. The highest BCUT2D eigenvalue weighted by Crippen LogP contribution is 2.22. The van der Waals surface area contributed by atoms with Gasteiger partial charge in [0.25, 0.3) is 0 Å². The SMILES string of the molecule is COc1ccc(/C(C)=N/Nc2ncc(C(=O)c3cc4ccccc4oc3=O)s2)cc1. The van der Waals surface area contributed by atoms with Gasteiger partial charge in [0, 0.05) is 5.39 Å². The molecule has 0 atom stereocenters. The van der Waals surface area contributed by atoms with Crippen LogP contribution in [-0.2, 0) is 0 Å². The van der Waals surface area contributed by atoms with Gasteiger partial charge in [-0.15, -0.1) is 0 Å². The Bertz CT molecular complexity index is 1310. The van der Waals surface area contributed by atoms with E-state index in [0.717, 1.165) is 28.4 Å². The van der Waals surface area contributed by atoms with Crippen molar-refractivity contribution >= 4 is 38.9 Å². The van der Waals surface area contributed by atoms with Crippen molar-refractivity contribution in [2.45, 2.75) is 6.92 Å². The third kappa shape index (κ3) is 3.99. The van der Waals surface area contributed by atoms with E-state index in [1.165, 1.54) is 6.20 Å².